The molecule has 40 heavy (non-hydrogen) atoms. The molecule has 2 fully saturated rings. The summed E-state index contributed by atoms with van der Waals surface area (Å²) in [6.07, 6.45) is -5.67. The number of ether oxygens (including phenoxy) is 6. The fourth-order valence-corrected chi connectivity index (χ4v) is 5.15. The van der Waals surface area contributed by atoms with Crippen LogP contribution in [-0.2, 0) is 14.2 Å². The van der Waals surface area contributed by atoms with Crippen molar-refractivity contribution >= 4 is 5.78 Å². The van der Waals surface area contributed by atoms with Crippen LogP contribution in [0.3, 0.4) is 0 Å². The fourth-order valence-electron chi connectivity index (χ4n) is 5.15. The molecule has 3 aliphatic heterocycles. The first-order valence-corrected chi connectivity index (χ1v) is 13.2. The van der Waals surface area contributed by atoms with Gasteiger partial charge in [-0.3, -0.25) is 4.79 Å². The van der Waals surface area contributed by atoms with E-state index in [9.17, 15) is 30.3 Å². The van der Waals surface area contributed by atoms with E-state index in [4.69, 9.17) is 28.4 Å². The van der Waals surface area contributed by atoms with E-state index >= 15 is 0 Å². The minimum absolute atomic E-state index is 0.00486. The largest absolute Gasteiger partial charge is 0.507 e. The maximum Gasteiger partial charge on any atom is 0.202 e. The van der Waals surface area contributed by atoms with Gasteiger partial charge in [0.25, 0.3) is 0 Å². The molecule has 2 aromatic rings. The Bertz CT molecular complexity index is 1220. The molecule has 2 saturated heterocycles. The van der Waals surface area contributed by atoms with Crippen LogP contribution < -0.4 is 14.2 Å². The summed E-state index contributed by atoms with van der Waals surface area (Å²) in [6, 6.07) is 7.47. The zero-order valence-electron chi connectivity index (χ0n) is 22.1. The second-order valence-electron chi connectivity index (χ2n) is 10.3. The van der Waals surface area contributed by atoms with Crippen molar-refractivity contribution in [2.75, 3.05) is 13.7 Å². The van der Waals surface area contributed by atoms with Gasteiger partial charge < -0.3 is 54.0 Å². The number of rotatable bonds is 7. The summed E-state index contributed by atoms with van der Waals surface area (Å²) in [7, 11) is 1.43. The molecule has 218 valence electrons. The number of carbonyl (C=O) groups is 1. The first-order valence-electron chi connectivity index (χ1n) is 13.2. The standard InChI is InChI=1S/C28H34O12/c1-13-18(30)10-22(34)28(37-13)36-12-17-6-15(29)7-26(39-17)38-16-8-20(32)27-21(33)11-24(40-25(27)9-16)14-3-4-23(35-2)19(31)5-14/h3-5,8-9,13,15,17-18,22,24,26,28-32,34H,6-7,10-12H2,1-2H3/t13-,15-,17-,18+,22+,24?,26+,28+/m0/s1. The van der Waals surface area contributed by atoms with Gasteiger partial charge in [0.2, 0.25) is 6.29 Å². The van der Waals surface area contributed by atoms with Crippen LogP contribution in [0.15, 0.2) is 30.3 Å². The average molecular weight is 563 g/mol. The Balaban J connectivity index is 1.25. The normalized spacial score (nSPS) is 32.2. The molecule has 12 heteroatoms. The highest BCUT2D eigenvalue weighted by molar-refractivity contribution is 6.02. The molecule has 0 spiro atoms. The fraction of sp³-hybridized carbons (Fsp3) is 0.536. The van der Waals surface area contributed by atoms with Crippen LogP contribution in [0.25, 0.3) is 0 Å². The summed E-state index contributed by atoms with van der Waals surface area (Å²) in [5.41, 5.74) is 0.586. The smallest absolute Gasteiger partial charge is 0.202 e. The highest BCUT2D eigenvalue weighted by Crippen LogP contribution is 2.43. The molecular weight excluding hydrogens is 528 g/mol. The number of phenols is 2. The van der Waals surface area contributed by atoms with Crippen molar-refractivity contribution in [3.05, 3.63) is 41.5 Å². The molecule has 1 unspecified atom stereocenters. The molecule has 0 aromatic heterocycles. The van der Waals surface area contributed by atoms with Crippen LogP contribution in [0, 0.1) is 0 Å². The minimum atomic E-state index is -1.00. The predicted molar refractivity (Wildman–Crippen MR) is 137 cm³/mol. The average Bonchev–Trinajstić information content (AvgIpc) is 2.89. The topological polar surface area (TPSA) is 174 Å². The van der Waals surface area contributed by atoms with E-state index in [1.54, 1.807) is 19.1 Å². The van der Waals surface area contributed by atoms with Crippen molar-refractivity contribution in [1.82, 2.24) is 0 Å². The van der Waals surface area contributed by atoms with Crippen LogP contribution in [0.1, 0.15) is 54.6 Å². The van der Waals surface area contributed by atoms with E-state index in [0.717, 1.165) is 0 Å². The predicted octanol–water partition coefficient (Wildman–Crippen LogP) is 1.93. The van der Waals surface area contributed by atoms with E-state index in [1.807, 2.05) is 0 Å². The van der Waals surface area contributed by atoms with Gasteiger partial charge in [0.05, 0.1) is 44.6 Å². The van der Waals surface area contributed by atoms with Gasteiger partial charge in [-0.05, 0) is 24.6 Å². The minimum Gasteiger partial charge on any atom is -0.507 e. The maximum atomic E-state index is 12.9. The number of fused-ring (bicyclic) bond motifs is 1. The van der Waals surface area contributed by atoms with Crippen LogP contribution in [0.5, 0.6) is 28.7 Å². The van der Waals surface area contributed by atoms with Crippen molar-refractivity contribution in [2.45, 2.75) is 81.8 Å². The van der Waals surface area contributed by atoms with E-state index in [2.05, 4.69) is 0 Å². The lowest BCUT2D eigenvalue weighted by Gasteiger charge is -2.37. The Hall–Kier alpha value is -3.13. The van der Waals surface area contributed by atoms with Gasteiger partial charge in [-0.15, -0.1) is 0 Å². The molecule has 3 heterocycles. The summed E-state index contributed by atoms with van der Waals surface area (Å²) in [5, 5.41) is 51.1. The van der Waals surface area contributed by atoms with Crippen LogP contribution in [0.4, 0.5) is 0 Å². The number of benzene rings is 2. The van der Waals surface area contributed by atoms with Gasteiger partial charge in [-0.1, -0.05) is 6.07 Å². The van der Waals surface area contributed by atoms with Gasteiger partial charge in [-0.25, -0.2) is 0 Å². The molecule has 0 saturated carbocycles. The molecule has 2 aromatic carbocycles. The second kappa shape index (κ2) is 11.8. The Morgan fingerprint density at radius 3 is 2.52 bits per heavy atom. The Kier molecular flexibility index (Phi) is 8.36. The number of hydrogen-bond acceptors (Lipinski definition) is 12. The first kappa shape index (κ1) is 28.4. The SMILES string of the molecule is COc1ccc(C2CC(=O)c3c(O)cc(O[C@H]4C[C@@H](O)C[C@@H](CO[C@@H]5O[C@@H](C)[C@H](O)C[C@H]5O)O4)cc3O2)cc1O. The lowest BCUT2D eigenvalue weighted by atomic mass is 9.95. The summed E-state index contributed by atoms with van der Waals surface area (Å²) in [6.45, 7) is 1.69. The number of Topliss-reactive ketones (excluding diaryl/α,β-unsaturated/α-hetero) is 1. The highest BCUT2D eigenvalue weighted by Gasteiger charge is 2.37. The van der Waals surface area contributed by atoms with E-state index in [0.29, 0.717) is 5.56 Å². The number of hydrogen-bond donors (Lipinski definition) is 5. The molecule has 0 amide bonds. The maximum absolute atomic E-state index is 12.9. The van der Waals surface area contributed by atoms with Crippen molar-refractivity contribution in [2.24, 2.45) is 0 Å². The summed E-state index contributed by atoms with van der Waals surface area (Å²) in [5.74, 6) is -0.179. The van der Waals surface area contributed by atoms with Crippen LogP contribution in [0.2, 0.25) is 0 Å². The van der Waals surface area contributed by atoms with Gasteiger partial charge in [0, 0.05) is 31.4 Å². The van der Waals surface area contributed by atoms with E-state index < -0.39 is 49.2 Å². The molecule has 5 N–H and O–H groups in total. The van der Waals surface area contributed by atoms with Gasteiger partial charge in [0.15, 0.2) is 23.6 Å². The quantitative estimate of drug-likeness (QED) is 0.332. The zero-order chi connectivity index (χ0) is 28.6. The van der Waals surface area contributed by atoms with Gasteiger partial charge in [0.1, 0.15) is 35.0 Å². The number of carbonyl (C=O) groups excluding carboxylic acids is 1. The van der Waals surface area contributed by atoms with Crippen molar-refractivity contribution in [3.63, 3.8) is 0 Å². The third-order valence-corrected chi connectivity index (χ3v) is 7.29. The monoisotopic (exact) mass is 562 g/mol. The number of phenolic OH excluding ortho intramolecular Hbond substituents is 2. The Labute approximate surface area is 230 Å². The number of aliphatic hydroxyl groups is 3. The number of aliphatic hydroxyl groups excluding tert-OH is 3. The number of ketones is 1. The first-order chi connectivity index (χ1) is 19.1. The third-order valence-electron chi connectivity index (χ3n) is 7.29. The van der Waals surface area contributed by atoms with Crippen LogP contribution >= 0.6 is 0 Å². The molecule has 12 nitrogen and oxygen atoms in total. The van der Waals surface area contributed by atoms with Gasteiger partial charge >= 0.3 is 0 Å². The summed E-state index contributed by atoms with van der Waals surface area (Å²) in [4.78, 5) is 12.9. The van der Waals surface area contributed by atoms with E-state index in [1.165, 1.54) is 25.3 Å². The van der Waals surface area contributed by atoms with Crippen LogP contribution in [-0.4, -0.2) is 88.1 Å². The number of aromatic hydroxyl groups is 2. The highest BCUT2D eigenvalue weighted by atomic mass is 16.7. The third kappa shape index (κ3) is 6.12. The summed E-state index contributed by atoms with van der Waals surface area (Å²) < 4.78 is 34.2. The summed E-state index contributed by atoms with van der Waals surface area (Å²) >= 11 is 0. The molecule has 0 aliphatic carbocycles. The van der Waals surface area contributed by atoms with Gasteiger partial charge in [-0.2, -0.15) is 0 Å². The molecule has 0 bridgehead atoms. The van der Waals surface area contributed by atoms with E-state index in [-0.39, 0.29) is 72.4 Å². The molecule has 8 atom stereocenters. The van der Waals surface area contributed by atoms with Crippen molar-refractivity contribution in [1.29, 1.82) is 0 Å². The molecule has 0 radical (unpaired) electrons. The molecular formula is C28H34O12. The second-order valence-corrected chi connectivity index (χ2v) is 10.3. The Morgan fingerprint density at radius 2 is 1.77 bits per heavy atom. The zero-order valence-corrected chi connectivity index (χ0v) is 22.1. The van der Waals surface area contributed by atoms with Crippen molar-refractivity contribution < 1.29 is 58.7 Å². The van der Waals surface area contributed by atoms with Crippen molar-refractivity contribution in [3.8, 4) is 28.7 Å². The molecule has 3 aliphatic rings. The number of methoxy groups -OCH3 is 1. The molecule has 5 rings (SSSR count). The lowest BCUT2D eigenvalue weighted by molar-refractivity contribution is -0.277. The lowest BCUT2D eigenvalue weighted by Crippen LogP contribution is -2.48. The Morgan fingerprint density at radius 1 is 0.975 bits per heavy atom.